The van der Waals surface area contributed by atoms with Crippen LogP contribution in [0.5, 0.6) is 0 Å². The number of sulfonamides is 1. The van der Waals surface area contributed by atoms with Crippen molar-refractivity contribution in [1.29, 1.82) is 0 Å². The fraction of sp³-hybridized carbons (Fsp3) is 0.136. The number of ketones is 1. The summed E-state index contributed by atoms with van der Waals surface area (Å²) >= 11 is 12.7. The van der Waals surface area contributed by atoms with Crippen molar-refractivity contribution in [2.24, 2.45) is 9.39 Å². The van der Waals surface area contributed by atoms with E-state index in [2.05, 4.69) is 9.39 Å². The molecule has 8 heteroatoms. The van der Waals surface area contributed by atoms with Crippen LogP contribution in [0.15, 0.2) is 90.1 Å². The standard InChI is InChI=1S/C22H18Cl2N2O3S/c1-13-9-11-17(12-10-13)30(28,29)26-22(16-7-5-4-6-8-16)25-20-18(23)14(2)21(27)15(3)19(20)24/h4-12H,1-3H3. The number of halogens is 2. The molecule has 0 unspecified atom stereocenters. The Morgan fingerprint density at radius 2 is 1.37 bits per heavy atom. The lowest BCUT2D eigenvalue weighted by Gasteiger charge is -2.16. The van der Waals surface area contributed by atoms with Gasteiger partial charge in [0.25, 0.3) is 10.0 Å². The van der Waals surface area contributed by atoms with Gasteiger partial charge in [0.2, 0.25) is 0 Å². The first-order chi connectivity index (χ1) is 14.1. The molecule has 2 aromatic carbocycles. The molecule has 0 saturated heterocycles. The molecule has 0 saturated carbocycles. The van der Waals surface area contributed by atoms with Crippen molar-refractivity contribution in [1.82, 2.24) is 0 Å². The van der Waals surface area contributed by atoms with E-state index in [0.29, 0.717) is 5.56 Å². The minimum atomic E-state index is -4.05. The van der Waals surface area contributed by atoms with Gasteiger partial charge in [-0.1, -0.05) is 71.2 Å². The van der Waals surface area contributed by atoms with Crippen molar-refractivity contribution in [3.8, 4) is 0 Å². The Balaban J connectivity index is 2.23. The summed E-state index contributed by atoms with van der Waals surface area (Å²) in [7, 11) is -4.05. The fourth-order valence-electron chi connectivity index (χ4n) is 2.74. The molecule has 0 aliphatic heterocycles. The minimum absolute atomic E-state index is 0.0381. The van der Waals surface area contributed by atoms with Crippen LogP contribution in [0.1, 0.15) is 25.0 Å². The second kappa shape index (κ2) is 8.68. The van der Waals surface area contributed by atoms with Gasteiger partial charge in [-0.15, -0.1) is 4.40 Å². The summed E-state index contributed by atoms with van der Waals surface area (Å²) in [5.74, 6) is -0.369. The number of benzene rings is 2. The largest absolute Gasteiger partial charge is 0.289 e. The van der Waals surface area contributed by atoms with Gasteiger partial charge in [-0.05, 0) is 32.9 Å². The molecule has 0 atom stereocenters. The van der Waals surface area contributed by atoms with Gasteiger partial charge in [-0.2, -0.15) is 8.42 Å². The van der Waals surface area contributed by atoms with E-state index in [4.69, 9.17) is 23.2 Å². The Labute approximate surface area is 185 Å². The summed E-state index contributed by atoms with van der Waals surface area (Å²) in [6.07, 6.45) is 0. The molecule has 0 amide bonds. The number of aryl methyl sites for hydroxylation is 1. The molecule has 30 heavy (non-hydrogen) atoms. The highest BCUT2D eigenvalue weighted by Gasteiger charge is 2.28. The van der Waals surface area contributed by atoms with Gasteiger partial charge in [-0.25, -0.2) is 4.99 Å². The molecule has 5 nitrogen and oxygen atoms in total. The molecule has 3 rings (SSSR count). The predicted octanol–water partition coefficient (Wildman–Crippen LogP) is 5.18. The molecule has 0 bridgehead atoms. The van der Waals surface area contributed by atoms with Gasteiger partial charge >= 0.3 is 0 Å². The van der Waals surface area contributed by atoms with E-state index in [1.807, 2.05) is 6.92 Å². The summed E-state index contributed by atoms with van der Waals surface area (Å²) in [4.78, 5) is 16.6. The van der Waals surface area contributed by atoms with Crippen molar-refractivity contribution in [2.45, 2.75) is 25.7 Å². The van der Waals surface area contributed by atoms with Crippen molar-refractivity contribution in [3.05, 3.63) is 86.9 Å². The average Bonchev–Trinajstić information content (AvgIpc) is 2.74. The number of amidine groups is 1. The fourth-order valence-corrected chi connectivity index (χ4v) is 4.19. The number of nitrogens with zero attached hydrogens (tertiary/aromatic N) is 2. The number of Topliss-reactive ketones (excluding diaryl/α,β-unsaturated/α-hetero) is 1. The summed E-state index contributed by atoms with van der Waals surface area (Å²) in [5.41, 5.74) is 2.06. The molecule has 0 aromatic heterocycles. The van der Waals surface area contributed by atoms with Crippen LogP contribution in [-0.4, -0.2) is 25.7 Å². The molecule has 0 radical (unpaired) electrons. The highest BCUT2D eigenvalue weighted by atomic mass is 35.5. The van der Waals surface area contributed by atoms with Gasteiger partial charge in [0.15, 0.2) is 11.6 Å². The van der Waals surface area contributed by atoms with Crippen molar-refractivity contribution in [3.63, 3.8) is 0 Å². The van der Waals surface area contributed by atoms with Crippen molar-refractivity contribution >= 4 is 50.6 Å². The second-order valence-corrected chi connectivity index (χ2v) is 9.10. The Morgan fingerprint density at radius 3 is 1.90 bits per heavy atom. The van der Waals surface area contributed by atoms with Gasteiger partial charge in [0.05, 0.1) is 15.0 Å². The summed E-state index contributed by atoms with van der Waals surface area (Å²) in [5, 5.41) is 0.124. The van der Waals surface area contributed by atoms with Gasteiger partial charge in [-0.3, -0.25) is 4.79 Å². The number of aliphatic imine (C=N–C) groups is 1. The molecule has 0 spiro atoms. The van der Waals surface area contributed by atoms with Crippen LogP contribution in [0.2, 0.25) is 0 Å². The summed E-state index contributed by atoms with van der Waals surface area (Å²) in [6.45, 7) is 4.99. The summed E-state index contributed by atoms with van der Waals surface area (Å²) in [6, 6.07) is 15.0. The summed E-state index contributed by atoms with van der Waals surface area (Å²) < 4.78 is 29.8. The average molecular weight is 461 g/mol. The van der Waals surface area contributed by atoms with E-state index in [1.54, 1.807) is 56.3 Å². The molecular formula is C22H18Cl2N2O3S. The number of hydrogen-bond donors (Lipinski definition) is 0. The quantitative estimate of drug-likeness (QED) is 0.359. The lowest BCUT2D eigenvalue weighted by atomic mass is 9.97. The maximum absolute atomic E-state index is 12.9. The topological polar surface area (TPSA) is 75.9 Å². The SMILES string of the molecule is CC1=C(Cl)C(=NC(=NS(=O)(=O)c2ccc(C)cc2)c2ccccc2)C(Cl)=C(C)C1=O. The lowest BCUT2D eigenvalue weighted by molar-refractivity contribution is -0.112. The maximum atomic E-state index is 12.9. The highest BCUT2D eigenvalue weighted by molar-refractivity contribution is 7.90. The van der Waals surface area contributed by atoms with Gasteiger partial charge in [0.1, 0.15) is 5.71 Å². The minimum Gasteiger partial charge on any atom is -0.289 e. The van der Waals surface area contributed by atoms with E-state index in [0.717, 1.165) is 5.56 Å². The van der Waals surface area contributed by atoms with E-state index in [1.165, 1.54) is 12.1 Å². The van der Waals surface area contributed by atoms with Crippen molar-refractivity contribution in [2.75, 3.05) is 0 Å². The zero-order valence-corrected chi connectivity index (χ0v) is 18.8. The third-order valence-electron chi connectivity index (χ3n) is 4.53. The Bertz CT molecular complexity index is 1210. The number of carbonyl (C=O) groups excluding carboxylic acids is 1. The second-order valence-electron chi connectivity index (χ2n) is 6.74. The molecule has 1 aliphatic carbocycles. The lowest BCUT2D eigenvalue weighted by Crippen LogP contribution is -2.19. The van der Waals surface area contributed by atoms with E-state index < -0.39 is 10.0 Å². The zero-order valence-electron chi connectivity index (χ0n) is 16.5. The molecule has 2 aromatic rings. The van der Waals surface area contributed by atoms with Crippen LogP contribution >= 0.6 is 23.2 Å². The molecule has 0 N–H and O–H groups in total. The first-order valence-electron chi connectivity index (χ1n) is 8.95. The first kappa shape index (κ1) is 22.2. The van der Waals surface area contributed by atoms with Crippen LogP contribution in [0.3, 0.4) is 0 Å². The normalized spacial score (nSPS) is 15.7. The first-order valence-corrected chi connectivity index (χ1v) is 11.2. The third kappa shape index (κ3) is 4.46. The van der Waals surface area contributed by atoms with Crippen LogP contribution in [0.25, 0.3) is 0 Å². The number of carbonyl (C=O) groups is 1. The number of allylic oxidation sites excluding steroid dienone is 4. The Hall–Kier alpha value is -2.54. The highest BCUT2D eigenvalue weighted by Crippen LogP contribution is 2.30. The molecule has 154 valence electrons. The Kier molecular flexibility index (Phi) is 6.41. The van der Waals surface area contributed by atoms with Gasteiger partial charge < -0.3 is 0 Å². The van der Waals surface area contributed by atoms with Crippen molar-refractivity contribution < 1.29 is 13.2 Å². The van der Waals surface area contributed by atoms with Crippen LogP contribution in [0, 0.1) is 6.92 Å². The van der Waals surface area contributed by atoms with E-state index in [-0.39, 0.29) is 43.4 Å². The number of rotatable bonds is 3. The van der Waals surface area contributed by atoms with Gasteiger partial charge in [0, 0.05) is 16.7 Å². The monoisotopic (exact) mass is 460 g/mol. The molecule has 0 heterocycles. The molecular weight excluding hydrogens is 443 g/mol. The zero-order chi connectivity index (χ0) is 22.1. The van der Waals surface area contributed by atoms with Crippen LogP contribution in [0.4, 0.5) is 0 Å². The predicted molar refractivity (Wildman–Crippen MR) is 121 cm³/mol. The number of hydrogen-bond acceptors (Lipinski definition) is 3. The smallest absolute Gasteiger partial charge is 0.284 e. The molecule has 0 fully saturated rings. The third-order valence-corrected chi connectivity index (χ3v) is 6.74. The Morgan fingerprint density at radius 1 is 0.833 bits per heavy atom. The maximum Gasteiger partial charge on any atom is 0.284 e. The molecule has 1 aliphatic rings. The van der Waals surface area contributed by atoms with Crippen LogP contribution < -0.4 is 0 Å². The van der Waals surface area contributed by atoms with E-state index >= 15 is 0 Å². The van der Waals surface area contributed by atoms with Crippen LogP contribution in [-0.2, 0) is 14.8 Å². The van der Waals surface area contributed by atoms with E-state index in [9.17, 15) is 13.2 Å².